The number of allylic oxidation sites excluding steroid dienone is 6. The van der Waals surface area contributed by atoms with E-state index in [0.717, 1.165) is 43.6 Å². The molecule has 0 spiro atoms. The van der Waals surface area contributed by atoms with E-state index in [2.05, 4.69) is 26.6 Å². The maximum atomic E-state index is 12.5. The van der Waals surface area contributed by atoms with Gasteiger partial charge in [0.2, 0.25) is 0 Å². The van der Waals surface area contributed by atoms with Gasteiger partial charge in [0.1, 0.15) is 34.9 Å². The fraction of sp³-hybridized carbons (Fsp3) is 0.526. The molecule has 2 unspecified atom stereocenters. The molecular formula is C38H56O9Si. The molecule has 2 heterocycles. The fourth-order valence-corrected chi connectivity index (χ4v) is 5.19. The van der Waals surface area contributed by atoms with Crippen LogP contribution in [0.3, 0.4) is 0 Å². The molecule has 1 N–H and O–H groups in total. The molecule has 2 rings (SSSR count). The standard InChI is InChI=1S/C22H30O4.C16H26O5Si/c1-6-8-9-11-16(4)19-14-18(23)20(22(25)26-19)21(24)17(5)13-12-15(3)10-7-2;1-13(6-5-7-17)15-10-14(11-16(18)21-15)20-12-19-8-9-22(2,3)4/h6,8,12-14,16,23H,7,9-11H2,1-5H3;7,10-11,13H,5-6,8-9,12H2,1-4H3/b8-6+,15-12+,17-13+;. The van der Waals surface area contributed by atoms with Crippen LogP contribution in [0.25, 0.3) is 0 Å². The summed E-state index contributed by atoms with van der Waals surface area (Å²) < 4.78 is 21.4. The lowest BCUT2D eigenvalue weighted by Gasteiger charge is -2.15. The van der Waals surface area contributed by atoms with Crippen molar-refractivity contribution >= 4 is 20.1 Å². The molecule has 0 fully saturated rings. The van der Waals surface area contributed by atoms with Gasteiger partial charge in [-0.15, -0.1) is 0 Å². The van der Waals surface area contributed by atoms with E-state index in [0.29, 0.717) is 42.3 Å². The summed E-state index contributed by atoms with van der Waals surface area (Å²) in [4.78, 5) is 46.8. The first-order valence-electron chi connectivity index (χ1n) is 16.8. The second-order valence-corrected chi connectivity index (χ2v) is 18.9. The van der Waals surface area contributed by atoms with Gasteiger partial charge in [0, 0.05) is 45.1 Å². The van der Waals surface area contributed by atoms with E-state index in [1.807, 2.05) is 45.9 Å². The van der Waals surface area contributed by atoms with Gasteiger partial charge in [0.25, 0.3) is 0 Å². The monoisotopic (exact) mass is 684 g/mol. The molecule has 0 amide bonds. The number of ketones is 1. The molecule has 10 heteroatoms. The average Bonchev–Trinajstić information content (AvgIpc) is 3.01. The van der Waals surface area contributed by atoms with E-state index in [1.165, 1.54) is 12.1 Å². The number of hydrogen-bond acceptors (Lipinski definition) is 9. The Morgan fingerprint density at radius 3 is 2.21 bits per heavy atom. The third-order valence-corrected chi connectivity index (χ3v) is 9.26. The van der Waals surface area contributed by atoms with Crippen LogP contribution in [0.2, 0.25) is 25.7 Å². The summed E-state index contributed by atoms with van der Waals surface area (Å²) in [6.45, 7) is 19.1. The van der Waals surface area contributed by atoms with Crippen molar-refractivity contribution in [2.75, 3.05) is 13.4 Å². The summed E-state index contributed by atoms with van der Waals surface area (Å²) in [7, 11) is -1.11. The zero-order chi connectivity index (χ0) is 36.3. The van der Waals surface area contributed by atoms with Gasteiger partial charge < -0.3 is 28.2 Å². The van der Waals surface area contributed by atoms with Crippen molar-refractivity contribution in [1.82, 2.24) is 0 Å². The minimum absolute atomic E-state index is 0.00532. The minimum atomic E-state index is -1.11. The number of ether oxygens (including phenoxy) is 2. The molecule has 0 aliphatic heterocycles. The third kappa shape index (κ3) is 16.4. The van der Waals surface area contributed by atoms with Gasteiger partial charge in [0.05, 0.1) is 6.07 Å². The smallest absolute Gasteiger partial charge is 0.351 e. The van der Waals surface area contributed by atoms with Crippen LogP contribution in [-0.4, -0.2) is 38.6 Å². The molecule has 48 heavy (non-hydrogen) atoms. The molecule has 0 aliphatic rings. The molecule has 9 nitrogen and oxygen atoms in total. The summed E-state index contributed by atoms with van der Waals surface area (Å²) in [5, 5.41) is 10.2. The number of Topliss-reactive ketones (excluding diaryl/α,β-unsaturated/α-hetero) is 1. The highest BCUT2D eigenvalue weighted by Crippen LogP contribution is 2.26. The molecule has 0 bridgehead atoms. The maximum absolute atomic E-state index is 12.5. The molecular weight excluding hydrogens is 628 g/mol. The van der Waals surface area contributed by atoms with E-state index < -0.39 is 25.1 Å². The molecule has 0 aliphatic carbocycles. The third-order valence-electron chi connectivity index (χ3n) is 7.56. The van der Waals surface area contributed by atoms with E-state index in [1.54, 1.807) is 19.1 Å². The van der Waals surface area contributed by atoms with Gasteiger partial charge in [-0.05, 0) is 58.1 Å². The van der Waals surface area contributed by atoms with Crippen LogP contribution < -0.4 is 16.0 Å². The Balaban J connectivity index is 0.000000487. The van der Waals surface area contributed by atoms with Crippen molar-refractivity contribution in [2.24, 2.45) is 0 Å². The predicted molar refractivity (Wildman–Crippen MR) is 194 cm³/mol. The largest absolute Gasteiger partial charge is 0.507 e. The lowest BCUT2D eigenvalue weighted by Crippen LogP contribution is -2.22. The van der Waals surface area contributed by atoms with Crippen molar-refractivity contribution in [2.45, 2.75) is 118 Å². The Kier molecular flexibility index (Phi) is 19.4. The quantitative estimate of drug-likeness (QED) is 0.0225. The molecule has 2 aromatic heterocycles. The van der Waals surface area contributed by atoms with E-state index >= 15 is 0 Å². The first-order valence-corrected chi connectivity index (χ1v) is 20.5. The van der Waals surface area contributed by atoms with Crippen molar-refractivity contribution in [3.8, 4) is 11.5 Å². The summed E-state index contributed by atoms with van der Waals surface area (Å²) in [6.07, 6.45) is 13.1. The minimum Gasteiger partial charge on any atom is -0.507 e. The fourth-order valence-electron chi connectivity index (χ4n) is 4.43. The highest BCUT2D eigenvalue weighted by atomic mass is 28.3. The Labute approximate surface area is 286 Å². The Bertz CT molecular complexity index is 1510. The van der Waals surface area contributed by atoms with Gasteiger partial charge in [0.15, 0.2) is 12.6 Å². The summed E-state index contributed by atoms with van der Waals surface area (Å²) >= 11 is 0. The van der Waals surface area contributed by atoms with Crippen LogP contribution in [0.1, 0.15) is 114 Å². The molecule has 2 atom stereocenters. The maximum Gasteiger partial charge on any atom is 0.351 e. The molecule has 0 saturated heterocycles. The van der Waals surface area contributed by atoms with Gasteiger partial charge in [-0.1, -0.05) is 76.7 Å². The van der Waals surface area contributed by atoms with Gasteiger partial charge >= 0.3 is 11.3 Å². The average molecular weight is 685 g/mol. The van der Waals surface area contributed by atoms with E-state index in [-0.39, 0.29) is 29.9 Å². The molecule has 266 valence electrons. The lowest BCUT2D eigenvalue weighted by atomic mass is 9.99. The normalized spacial score (nSPS) is 13.5. The van der Waals surface area contributed by atoms with E-state index in [4.69, 9.17) is 18.3 Å². The SMILES string of the molecule is C/C=C/CCC(C)c1cc(O)c(C(=O)/C(C)=C/C=C(\C)CCC)c(=O)o1.CC(CCC=O)c1cc(OCOCC[Si](C)(C)C)cc(=O)o1. The topological polar surface area (TPSA) is 133 Å². The van der Waals surface area contributed by atoms with Gasteiger partial charge in [-0.25, -0.2) is 9.59 Å². The molecule has 0 radical (unpaired) electrons. The first-order chi connectivity index (χ1) is 22.6. The zero-order valence-corrected chi connectivity index (χ0v) is 31.4. The van der Waals surface area contributed by atoms with E-state index in [9.17, 15) is 24.3 Å². The summed E-state index contributed by atoms with van der Waals surface area (Å²) in [5.41, 5.74) is 0.000265. The highest BCUT2D eigenvalue weighted by Gasteiger charge is 2.22. The molecule has 2 aromatic rings. The zero-order valence-electron chi connectivity index (χ0n) is 30.4. The van der Waals surface area contributed by atoms with Crippen molar-refractivity contribution in [3.05, 3.63) is 91.6 Å². The number of aldehydes is 1. The van der Waals surface area contributed by atoms with Gasteiger partial charge in [-0.2, -0.15) is 0 Å². The first kappa shape index (κ1) is 42.3. The number of rotatable bonds is 19. The van der Waals surface area contributed by atoms with Crippen molar-refractivity contribution in [1.29, 1.82) is 0 Å². The molecule has 0 saturated carbocycles. The Morgan fingerprint density at radius 1 is 0.979 bits per heavy atom. The van der Waals surface area contributed by atoms with Crippen LogP contribution in [0.4, 0.5) is 0 Å². The van der Waals surface area contributed by atoms with Crippen LogP contribution >= 0.6 is 0 Å². The molecule has 0 aromatic carbocycles. The second-order valence-electron chi connectivity index (χ2n) is 13.3. The summed E-state index contributed by atoms with van der Waals surface area (Å²) in [6, 6.07) is 5.46. The van der Waals surface area contributed by atoms with Crippen LogP contribution in [0.15, 0.2) is 72.1 Å². The van der Waals surface area contributed by atoms with Crippen LogP contribution in [0, 0.1) is 0 Å². The Hall–Kier alpha value is -3.76. The Morgan fingerprint density at radius 2 is 1.62 bits per heavy atom. The second kappa shape index (κ2) is 22.0. The lowest BCUT2D eigenvalue weighted by molar-refractivity contribution is -0.108. The van der Waals surface area contributed by atoms with Crippen LogP contribution in [0.5, 0.6) is 11.5 Å². The summed E-state index contributed by atoms with van der Waals surface area (Å²) in [5.74, 6) is 0.517. The number of carbonyl (C=O) groups excluding carboxylic acids is 2. The van der Waals surface area contributed by atoms with Crippen molar-refractivity contribution < 1.29 is 33.0 Å². The number of hydrogen-bond donors (Lipinski definition) is 1. The van der Waals surface area contributed by atoms with Crippen molar-refractivity contribution in [3.63, 3.8) is 0 Å². The highest BCUT2D eigenvalue weighted by molar-refractivity contribution is 6.76. The number of aromatic hydroxyl groups is 1. The number of carbonyl (C=O) groups is 2. The van der Waals surface area contributed by atoms with Crippen LogP contribution in [-0.2, 0) is 9.53 Å². The predicted octanol–water partition coefficient (Wildman–Crippen LogP) is 9.09. The van der Waals surface area contributed by atoms with Gasteiger partial charge in [-0.3, -0.25) is 4.79 Å².